The molecule has 1 aromatic rings. The Balaban J connectivity index is 3.46. The van der Waals surface area contributed by atoms with Gasteiger partial charge in [-0.25, -0.2) is 0 Å². The molecule has 4 heteroatoms. The van der Waals surface area contributed by atoms with Gasteiger partial charge in [0.1, 0.15) is 11.6 Å². The molecule has 0 radical (unpaired) electrons. The molecule has 1 rings (SSSR count). The molecular formula is C12H16N2O2. The minimum Gasteiger partial charge on any atom is -0.508 e. The molecule has 0 aliphatic rings. The van der Waals surface area contributed by atoms with Crippen LogP contribution < -0.4 is 10.6 Å². The van der Waals surface area contributed by atoms with Crippen LogP contribution in [0.5, 0.6) is 5.75 Å². The van der Waals surface area contributed by atoms with Crippen molar-refractivity contribution in [1.82, 2.24) is 0 Å². The molecule has 86 valence electrons. The molecule has 0 aliphatic heterocycles. The average Bonchev–Trinajstić information content (AvgIpc) is 2.17. The van der Waals surface area contributed by atoms with E-state index in [1.54, 1.807) is 19.1 Å². The van der Waals surface area contributed by atoms with Crippen LogP contribution in [-0.4, -0.2) is 11.0 Å². The van der Waals surface area contributed by atoms with Gasteiger partial charge in [0, 0.05) is 12.5 Å². The van der Waals surface area contributed by atoms with Crippen LogP contribution in [0.1, 0.15) is 18.1 Å². The summed E-state index contributed by atoms with van der Waals surface area (Å²) in [5.41, 5.74) is 7.65. The first-order chi connectivity index (χ1) is 7.36. The highest BCUT2D eigenvalue weighted by Gasteiger charge is 2.19. The van der Waals surface area contributed by atoms with E-state index in [1.807, 2.05) is 6.92 Å². The quantitative estimate of drug-likeness (QED) is 0.798. The van der Waals surface area contributed by atoms with E-state index in [9.17, 15) is 9.90 Å². The molecule has 0 aromatic heterocycles. The van der Waals surface area contributed by atoms with Crippen LogP contribution in [0.2, 0.25) is 0 Å². The first-order valence-corrected chi connectivity index (χ1v) is 4.90. The van der Waals surface area contributed by atoms with E-state index in [1.165, 1.54) is 11.8 Å². The van der Waals surface area contributed by atoms with E-state index in [0.29, 0.717) is 11.3 Å². The van der Waals surface area contributed by atoms with Crippen molar-refractivity contribution in [3.05, 3.63) is 35.7 Å². The molecule has 0 unspecified atom stereocenters. The number of amides is 1. The first-order valence-electron chi connectivity index (χ1n) is 4.90. The Morgan fingerprint density at radius 3 is 2.44 bits per heavy atom. The van der Waals surface area contributed by atoms with Gasteiger partial charge < -0.3 is 10.8 Å². The Hall–Kier alpha value is -1.97. The number of hydrogen-bond acceptors (Lipinski definition) is 3. The van der Waals surface area contributed by atoms with Crippen LogP contribution in [0.4, 0.5) is 5.69 Å². The zero-order valence-electron chi connectivity index (χ0n) is 9.74. The van der Waals surface area contributed by atoms with Crippen molar-refractivity contribution in [2.24, 2.45) is 5.73 Å². The lowest BCUT2D eigenvalue weighted by Crippen LogP contribution is -2.32. The van der Waals surface area contributed by atoms with Crippen LogP contribution in [-0.2, 0) is 4.79 Å². The monoisotopic (exact) mass is 220 g/mol. The molecule has 3 N–H and O–H groups in total. The van der Waals surface area contributed by atoms with Gasteiger partial charge in [0.15, 0.2) is 0 Å². The maximum atomic E-state index is 11.5. The minimum absolute atomic E-state index is 0.133. The van der Waals surface area contributed by atoms with Crippen LogP contribution in [0.25, 0.3) is 0 Å². The van der Waals surface area contributed by atoms with Crippen molar-refractivity contribution in [3.8, 4) is 5.75 Å². The number of aromatic hydroxyl groups is 1. The third-order valence-electron chi connectivity index (χ3n) is 2.43. The molecule has 0 saturated heterocycles. The van der Waals surface area contributed by atoms with Crippen molar-refractivity contribution in [1.29, 1.82) is 0 Å². The molecule has 0 fully saturated rings. The van der Waals surface area contributed by atoms with E-state index < -0.39 is 0 Å². The topological polar surface area (TPSA) is 66.6 Å². The van der Waals surface area contributed by atoms with Crippen molar-refractivity contribution in [2.75, 3.05) is 4.90 Å². The first kappa shape index (κ1) is 12.1. The molecule has 1 aromatic carbocycles. The van der Waals surface area contributed by atoms with Crippen molar-refractivity contribution < 1.29 is 9.90 Å². The highest BCUT2D eigenvalue weighted by Crippen LogP contribution is 2.32. The fraction of sp³-hybridized carbons (Fsp3) is 0.250. The zero-order chi connectivity index (χ0) is 12.5. The Labute approximate surface area is 95.0 Å². The summed E-state index contributed by atoms with van der Waals surface area (Å²) in [5.74, 6) is 0.0432. The highest BCUT2D eigenvalue weighted by atomic mass is 16.3. The Morgan fingerprint density at radius 2 is 2.00 bits per heavy atom. The predicted octanol–water partition coefficient (Wildman–Crippen LogP) is 1.79. The van der Waals surface area contributed by atoms with Gasteiger partial charge in [-0.1, -0.05) is 12.6 Å². The smallest absolute Gasteiger partial charge is 0.229 e. The van der Waals surface area contributed by atoms with Gasteiger partial charge in [-0.05, 0) is 25.5 Å². The largest absolute Gasteiger partial charge is 0.508 e. The minimum atomic E-state index is -0.232. The average molecular weight is 220 g/mol. The summed E-state index contributed by atoms with van der Waals surface area (Å²) in [7, 11) is 0. The molecule has 0 aliphatic carbocycles. The van der Waals surface area contributed by atoms with E-state index >= 15 is 0 Å². The standard InChI is InChI=1S/C12H16N2O2/c1-7-5-6-11(16)8(2)12(7)14(9(3)13)10(4)15/h5-6,16H,3,13H2,1-2,4H3. The van der Waals surface area contributed by atoms with Gasteiger partial charge >= 0.3 is 0 Å². The van der Waals surface area contributed by atoms with Crippen molar-refractivity contribution in [3.63, 3.8) is 0 Å². The van der Waals surface area contributed by atoms with Gasteiger partial charge in [0.05, 0.1) is 5.69 Å². The number of benzene rings is 1. The lowest BCUT2D eigenvalue weighted by molar-refractivity contribution is -0.116. The Morgan fingerprint density at radius 1 is 1.44 bits per heavy atom. The molecule has 16 heavy (non-hydrogen) atoms. The number of nitrogens with two attached hydrogens (primary N) is 1. The summed E-state index contributed by atoms with van der Waals surface area (Å²) in [6, 6.07) is 3.32. The molecular weight excluding hydrogens is 204 g/mol. The number of carbonyl (C=O) groups is 1. The predicted molar refractivity (Wildman–Crippen MR) is 64.1 cm³/mol. The van der Waals surface area contributed by atoms with Crippen molar-refractivity contribution in [2.45, 2.75) is 20.8 Å². The summed E-state index contributed by atoms with van der Waals surface area (Å²) < 4.78 is 0. The molecule has 1 amide bonds. The number of aryl methyl sites for hydroxylation is 1. The number of nitrogens with zero attached hydrogens (tertiary/aromatic N) is 1. The normalized spacial score (nSPS) is 9.94. The van der Waals surface area contributed by atoms with Gasteiger partial charge in [0.2, 0.25) is 5.91 Å². The second-order valence-corrected chi connectivity index (χ2v) is 3.72. The number of phenolic OH excluding ortho intramolecular Hbond substituents is 1. The maximum absolute atomic E-state index is 11.5. The SMILES string of the molecule is C=C(N)N(C(C)=O)c1c(C)ccc(O)c1C. The van der Waals surface area contributed by atoms with Crippen molar-refractivity contribution >= 4 is 11.6 Å². The Kier molecular flexibility index (Phi) is 3.22. The summed E-state index contributed by atoms with van der Waals surface area (Å²) in [5, 5.41) is 9.63. The summed E-state index contributed by atoms with van der Waals surface area (Å²) in [6.07, 6.45) is 0. The van der Waals surface area contributed by atoms with E-state index in [-0.39, 0.29) is 17.5 Å². The maximum Gasteiger partial charge on any atom is 0.229 e. The van der Waals surface area contributed by atoms with Gasteiger partial charge in [-0.2, -0.15) is 0 Å². The van der Waals surface area contributed by atoms with Crippen LogP contribution in [0, 0.1) is 13.8 Å². The molecule has 0 heterocycles. The lowest BCUT2D eigenvalue weighted by Gasteiger charge is -2.24. The number of carbonyl (C=O) groups excluding carboxylic acids is 1. The van der Waals surface area contributed by atoms with Crippen LogP contribution in [0.3, 0.4) is 0 Å². The zero-order valence-corrected chi connectivity index (χ0v) is 9.74. The van der Waals surface area contributed by atoms with Crippen LogP contribution in [0.15, 0.2) is 24.5 Å². The number of rotatable bonds is 2. The summed E-state index contributed by atoms with van der Waals surface area (Å²) in [4.78, 5) is 12.8. The fourth-order valence-corrected chi connectivity index (χ4v) is 1.67. The summed E-state index contributed by atoms with van der Waals surface area (Å²) in [6.45, 7) is 8.55. The Bertz CT molecular complexity index is 439. The number of phenols is 1. The molecule has 4 nitrogen and oxygen atoms in total. The second kappa shape index (κ2) is 4.26. The van der Waals surface area contributed by atoms with E-state index in [0.717, 1.165) is 5.56 Å². The van der Waals surface area contributed by atoms with E-state index in [2.05, 4.69) is 6.58 Å². The third kappa shape index (κ3) is 2.00. The highest BCUT2D eigenvalue weighted by molar-refractivity contribution is 5.96. The molecule has 0 bridgehead atoms. The number of hydrogen-bond donors (Lipinski definition) is 2. The van der Waals surface area contributed by atoms with Gasteiger partial charge in [0.25, 0.3) is 0 Å². The van der Waals surface area contributed by atoms with Crippen LogP contribution >= 0.6 is 0 Å². The van der Waals surface area contributed by atoms with Gasteiger partial charge in [-0.3, -0.25) is 9.69 Å². The van der Waals surface area contributed by atoms with E-state index in [4.69, 9.17) is 5.73 Å². The molecule has 0 atom stereocenters. The fourth-order valence-electron chi connectivity index (χ4n) is 1.67. The summed E-state index contributed by atoms with van der Waals surface area (Å²) >= 11 is 0. The lowest BCUT2D eigenvalue weighted by atomic mass is 10.1. The second-order valence-electron chi connectivity index (χ2n) is 3.72. The number of anilines is 1. The molecule has 0 saturated carbocycles. The third-order valence-corrected chi connectivity index (χ3v) is 2.43. The molecule has 0 spiro atoms. The van der Waals surface area contributed by atoms with Gasteiger partial charge in [-0.15, -0.1) is 0 Å².